The zero-order valence-corrected chi connectivity index (χ0v) is 16.9. The molecule has 0 fully saturated rings. The Balaban J connectivity index is 1.94. The van der Waals surface area contributed by atoms with Crippen LogP contribution in [0.2, 0.25) is 5.02 Å². The van der Waals surface area contributed by atoms with Crippen molar-refractivity contribution in [2.45, 2.75) is 26.8 Å². The van der Waals surface area contributed by atoms with Crippen molar-refractivity contribution in [3.63, 3.8) is 0 Å². The van der Waals surface area contributed by atoms with E-state index in [4.69, 9.17) is 21.1 Å². The first-order chi connectivity index (χ1) is 13.4. The van der Waals surface area contributed by atoms with Crippen LogP contribution < -0.4 is 20.1 Å². The smallest absolute Gasteiger partial charge is 0.270 e. The van der Waals surface area contributed by atoms with Crippen molar-refractivity contribution in [3.05, 3.63) is 52.8 Å². The first-order valence-electron chi connectivity index (χ1n) is 9.03. The van der Waals surface area contributed by atoms with Crippen LogP contribution in [0.4, 0.5) is 0 Å². The Hall–Kier alpha value is -2.80. The molecule has 2 rings (SSSR count). The summed E-state index contributed by atoms with van der Waals surface area (Å²) in [6.07, 6.45) is 1.43. The summed E-state index contributed by atoms with van der Waals surface area (Å²) >= 11 is 5.84. The minimum atomic E-state index is -0.468. The van der Waals surface area contributed by atoms with Crippen LogP contribution in [0.1, 0.15) is 42.9 Å². The molecule has 2 N–H and O–H groups in total. The first kappa shape index (κ1) is 21.5. The second-order valence-electron chi connectivity index (χ2n) is 5.90. The lowest BCUT2D eigenvalue weighted by molar-refractivity contribution is -0.120. The number of nitrogens with zero attached hydrogens (tertiary/aromatic N) is 1. The third-order valence-corrected chi connectivity index (χ3v) is 4.04. The Morgan fingerprint density at radius 2 is 1.82 bits per heavy atom. The van der Waals surface area contributed by atoms with Crippen LogP contribution >= 0.6 is 11.6 Å². The van der Waals surface area contributed by atoms with Crippen LogP contribution in [0.3, 0.4) is 0 Å². The molecule has 0 aliphatic carbocycles. The highest BCUT2D eigenvalue weighted by atomic mass is 35.5. The number of carbonyl (C=O) groups is 2. The fraction of sp³-hybridized carbons (Fsp3) is 0.350. The van der Waals surface area contributed by atoms with Crippen molar-refractivity contribution in [3.8, 4) is 11.5 Å². The zero-order chi connectivity index (χ0) is 20.5. The molecule has 1 atom stereocenters. The summed E-state index contributed by atoms with van der Waals surface area (Å²) in [6, 6.07) is 8.26. The number of halogens is 1. The highest BCUT2D eigenvalue weighted by Crippen LogP contribution is 2.30. The number of rotatable bonds is 9. The average molecular weight is 406 g/mol. The molecule has 28 heavy (non-hydrogen) atoms. The van der Waals surface area contributed by atoms with Crippen molar-refractivity contribution < 1.29 is 19.1 Å². The fourth-order valence-corrected chi connectivity index (χ4v) is 2.65. The summed E-state index contributed by atoms with van der Waals surface area (Å²) in [6.45, 7) is 6.52. The van der Waals surface area contributed by atoms with Gasteiger partial charge in [0.25, 0.3) is 5.91 Å². The number of hydrogen-bond acceptors (Lipinski definition) is 5. The van der Waals surface area contributed by atoms with Gasteiger partial charge in [0.2, 0.25) is 5.91 Å². The van der Waals surface area contributed by atoms with Gasteiger partial charge in [-0.05, 0) is 50.6 Å². The van der Waals surface area contributed by atoms with Gasteiger partial charge in [-0.25, -0.2) is 0 Å². The van der Waals surface area contributed by atoms with Crippen molar-refractivity contribution in [2.75, 3.05) is 19.8 Å². The summed E-state index contributed by atoms with van der Waals surface area (Å²) in [5, 5.41) is 5.76. The second-order valence-corrected chi connectivity index (χ2v) is 6.34. The zero-order valence-electron chi connectivity index (χ0n) is 16.1. The van der Waals surface area contributed by atoms with Gasteiger partial charge in [-0.2, -0.15) is 0 Å². The van der Waals surface area contributed by atoms with Gasteiger partial charge in [0.1, 0.15) is 5.69 Å². The first-order valence-corrected chi connectivity index (χ1v) is 9.41. The molecule has 0 bridgehead atoms. The summed E-state index contributed by atoms with van der Waals surface area (Å²) < 4.78 is 11.2. The molecule has 0 unspecified atom stereocenters. The van der Waals surface area contributed by atoms with Gasteiger partial charge < -0.3 is 20.1 Å². The number of hydrogen-bond donors (Lipinski definition) is 2. The molecule has 0 saturated carbocycles. The van der Waals surface area contributed by atoms with Crippen LogP contribution in [0.5, 0.6) is 11.5 Å². The quantitative estimate of drug-likeness (QED) is 0.669. The van der Waals surface area contributed by atoms with Crippen LogP contribution in [-0.4, -0.2) is 36.6 Å². The van der Waals surface area contributed by atoms with Crippen LogP contribution in [0.15, 0.2) is 36.5 Å². The van der Waals surface area contributed by atoms with E-state index in [1.165, 1.54) is 12.3 Å². The van der Waals surface area contributed by atoms with E-state index >= 15 is 0 Å². The number of ether oxygens (including phenoxy) is 2. The van der Waals surface area contributed by atoms with Crippen LogP contribution in [0, 0.1) is 0 Å². The lowest BCUT2D eigenvalue weighted by atomic mass is 10.1. The lowest BCUT2D eigenvalue weighted by Gasteiger charge is -2.17. The maximum atomic E-state index is 12.2. The van der Waals surface area contributed by atoms with Gasteiger partial charge >= 0.3 is 0 Å². The molecule has 0 spiro atoms. The van der Waals surface area contributed by atoms with E-state index in [1.54, 1.807) is 6.07 Å². The van der Waals surface area contributed by atoms with Gasteiger partial charge in [-0.3, -0.25) is 14.6 Å². The monoisotopic (exact) mass is 405 g/mol. The summed E-state index contributed by atoms with van der Waals surface area (Å²) in [5.74, 6) is 0.496. The maximum absolute atomic E-state index is 12.2. The molecule has 1 aromatic heterocycles. The molecule has 2 aromatic rings. The van der Waals surface area contributed by atoms with Gasteiger partial charge in [0, 0.05) is 11.2 Å². The Morgan fingerprint density at radius 3 is 2.50 bits per heavy atom. The Kier molecular flexibility index (Phi) is 8.07. The normalized spacial score (nSPS) is 11.4. The number of pyridine rings is 1. The number of carbonyl (C=O) groups excluding carboxylic acids is 2. The molecule has 2 amide bonds. The molecule has 8 heteroatoms. The minimum Gasteiger partial charge on any atom is -0.490 e. The average Bonchev–Trinajstić information content (AvgIpc) is 2.67. The number of benzene rings is 1. The van der Waals surface area contributed by atoms with E-state index < -0.39 is 5.91 Å². The molecule has 150 valence electrons. The number of nitrogens with one attached hydrogen (secondary N) is 2. The highest BCUT2D eigenvalue weighted by molar-refractivity contribution is 6.30. The van der Waals surface area contributed by atoms with E-state index in [0.717, 1.165) is 5.56 Å². The van der Waals surface area contributed by atoms with Crippen molar-refractivity contribution >= 4 is 23.4 Å². The van der Waals surface area contributed by atoms with E-state index in [-0.39, 0.29) is 24.2 Å². The number of amides is 2. The molecule has 7 nitrogen and oxygen atoms in total. The van der Waals surface area contributed by atoms with E-state index in [1.807, 2.05) is 39.0 Å². The summed E-state index contributed by atoms with van der Waals surface area (Å²) in [7, 11) is 0. The minimum absolute atomic E-state index is 0.154. The second kappa shape index (κ2) is 10.5. The molecule has 1 aromatic carbocycles. The SMILES string of the molecule is CCOc1ccc([C@@H](C)NC(=O)CNC(=O)c2cc(Cl)ccn2)cc1OCC. The highest BCUT2D eigenvalue weighted by Gasteiger charge is 2.15. The third kappa shape index (κ3) is 6.13. The standard InChI is InChI=1S/C20H24ClN3O4/c1-4-27-17-7-6-14(10-18(17)28-5-2)13(3)24-19(25)12-23-20(26)16-11-15(21)8-9-22-16/h6-11,13H,4-5,12H2,1-3H3,(H,23,26)(H,24,25)/t13-/m1/s1. The van der Waals surface area contributed by atoms with Crippen molar-refractivity contribution in [1.82, 2.24) is 15.6 Å². The molecule has 1 heterocycles. The van der Waals surface area contributed by atoms with E-state index in [2.05, 4.69) is 15.6 Å². The molecule has 0 saturated heterocycles. The van der Waals surface area contributed by atoms with E-state index in [0.29, 0.717) is 29.7 Å². The predicted molar refractivity (Wildman–Crippen MR) is 107 cm³/mol. The van der Waals surface area contributed by atoms with Crippen molar-refractivity contribution in [2.24, 2.45) is 0 Å². The fourth-order valence-electron chi connectivity index (χ4n) is 2.49. The predicted octanol–water partition coefficient (Wildman–Crippen LogP) is 3.14. The Morgan fingerprint density at radius 1 is 1.11 bits per heavy atom. The molecule has 0 aliphatic heterocycles. The largest absolute Gasteiger partial charge is 0.490 e. The molecular weight excluding hydrogens is 382 g/mol. The van der Waals surface area contributed by atoms with Crippen LogP contribution in [0.25, 0.3) is 0 Å². The van der Waals surface area contributed by atoms with Gasteiger partial charge in [-0.1, -0.05) is 17.7 Å². The molecule has 0 aliphatic rings. The molecular formula is C20H24ClN3O4. The lowest BCUT2D eigenvalue weighted by Crippen LogP contribution is -2.38. The van der Waals surface area contributed by atoms with E-state index in [9.17, 15) is 9.59 Å². The summed E-state index contributed by atoms with van der Waals surface area (Å²) in [4.78, 5) is 28.1. The van der Waals surface area contributed by atoms with Crippen LogP contribution in [-0.2, 0) is 4.79 Å². The van der Waals surface area contributed by atoms with Gasteiger partial charge in [0.05, 0.1) is 25.8 Å². The summed E-state index contributed by atoms with van der Waals surface area (Å²) in [5.41, 5.74) is 1.02. The maximum Gasteiger partial charge on any atom is 0.270 e. The topological polar surface area (TPSA) is 89.6 Å². The number of aromatic nitrogens is 1. The van der Waals surface area contributed by atoms with Gasteiger partial charge in [-0.15, -0.1) is 0 Å². The van der Waals surface area contributed by atoms with Crippen molar-refractivity contribution in [1.29, 1.82) is 0 Å². The molecule has 0 radical (unpaired) electrons. The third-order valence-electron chi connectivity index (χ3n) is 3.81. The Bertz CT molecular complexity index is 829. The Labute approximate surface area is 169 Å². The van der Waals surface area contributed by atoms with Gasteiger partial charge in [0.15, 0.2) is 11.5 Å².